The number of ether oxygens (including phenoxy) is 1. The second-order valence-electron chi connectivity index (χ2n) is 8.74. The number of hydrogen-bond donors (Lipinski definition) is 1. The smallest absolute Gasteiger partial charge is 0.232 e. The second-order valence-corrected chi connectivity index (χ2v) is 9.15. The molecule has 0 amide bonds. The number of piperidine rings is 1. The first-order valence-corrected chi connectivity index (χ1v) is 11.7. The highest BCUT2D eigenvalue weighted by Gasteiger charge is 2.35. The summed E-state index contributed by atoms with van der Waals surface area (Å²) in [6.07, 6.45) is 8.10. The Morgan fingerprint density at radius 2 is 2.15 bits per heavy atom. The fourth-order valence-electron chi connectivity index (χ4n) is 4.85. The van der Waals surface area contributed by atoms with Crippen molar-refractivity contribution < 1.29 is 19.0 Å². The van der Waals surface area contributed by atoms with Crippen LogP contribution in [0.25, 0.3) is 6.08 Å². The minimum Gasteiger partial charge on any atom is -0.507 e. The van der Waals surface area contributed by atoms with Crippen LogP contribution in [0, 0.1) is 12.7 Å². The largest absolute Gasteiger partial charge is 0.507 e. The molecule has 1 aromatic heterocycles. The third-order valence-electron chi connectivity index (χ3n) is 6.54. The summed E-state index contributed by atoms with van der Waals surface area (Å²) in [4.78, 5) is 19.8. The molecule has 34 heavy (non-hydrogen) atoms. The Bertz CT molecular complexity index is 1270. The number of pyridine rings is 1. The van der Waals surface area contributed by atoms with Gasteiger partial charge in [-0.3, -0.25) is 14.7 Å². The number of likely N-dealkylation sites (tertiary alicyclic amines) is 1. The minimum absolute atomic E-state index is 0.0144. The van der Waals surface area contributed by atoms with Crippen molar-refractivity contribution in [1.29, 1.82) is 0 Å². The zero-order valence-corrected chi connectivity index (χ0v) is 19.5. The van der Waals surface area contributed by atoms with Gasteiger partial charge in [0.05, 0.1) is 16.1 Å². The molecule has 3 heterocycles. The van der Waals surface area contributed by atoms with Crippen LogP contribution in [0.3, 0.4) is 0 Å². The molecule has 1 saturated heterocycles. The summed E-state index contributed by atoms with van der Waals surface area (Å²) in [5, 5.41) is 11.0. The van der Waals surface area contributed by atoms with Gasteiger partial charge < -0.3 is 9.84 Å². The summed E-state index contributed by atoms with van der Waals surface area (Å²) in [6.45, 7) is 3.01. The van der Waals surface area contributed by atoms with E-state index in [0.29, 0.717) is 29.0 Å². The van der Waals surface area contributed by atoms with Crippen LogP contribution in [-0.4, -0.2) is 27.3 Å². The van der Waals surface area contributed by atoms with Crippen molar-refractivity contribution in [2.75, 3.05) is 6.54 Å². The number of hydrogen-bond acceptors (Lipinski definition) is 5. The zero-order valence-electron chi connectivity index (χ0n) is 18.7. The number of halogens is 2. The number of phenolic OH excluding ortho intramolecular Hbond substituents is 1. The summed E-state index contributed by atoms with van der Waals surface area (Å²) in [7, 11) is 0. The maximum Gasteiger partial charge on any atom is 0.232 e. The Morgan fingerprint density at radius 3 is 2.91 bits per heavy atom. The van der Waals surface area contributed by atoms with Crippen molar-refractivity contribution in [2.24, 2.45) is 0 Å². The second kappa shape index (κ2) is 9.20. The van der Waals surface area contributed by atoms with Gasteiger partial charge in [0.25, 0.3) is 0 Å². The average Bonchev–Trinajstić information content (AvgIpc) is 3.16. The molecule has 0 radical (unpaired) electrons. The maximum atomic E-state index is 14.3. The molecule has 3 aromatic rings. The summed E-state index contributed by atoms with van der Waals surface area (Å²) in [5.41, 5.74) is 2.76. The molecule has 2 aromatic carbocycles. The van der Waals surface area contributed by atoms with Crippen molar-refractivity contribution in [3.63, 3.8) is 0 Å². The van der Waals surface area contributed by atoms with Crippen LogP contribution < -0.4 is 4.74 Å². The van der Waals surface area contributed by atoms with Gasteiger partial charge in [-0.2, -0.15) is 0 Å². The predicted octanol–water partition coefficient (Wildman–Crippen LogP) is 6.23. The van der Waals surface area contributed by atoms with Crippen LogP contribution in [0.4, 0.5) is 4.39 Å². The Labute approximate surface area is 202 Å². The van der Waals surface area contributed by atoms with Gasteiger partial charge in [0.2, 0.25) is 5.78 Å². The van der Waals surface area contributed by atoms with E-state index in [0.717, 1.165) is 31.4 Å². The van der Waals surface area contributed by atoms with E-state index in [2.05, 4.69) is 16.0 Å². The van der Waals surface area contributed by atoms with Crippen LogP contribution >= 0.6 is 11.6 Å². The third kappa shape index (κ3) is 4.08. The molecular formula is C27H24ClFN2O3. The first kappa shape index (κ1) is 22.6. The summed E-state index contributed by atoms with van der Waals surface area (Å²) in [6, 6.07) is 10.1. The molecule has 0 bridgehead atoms. The number of nitrogens with zero attached hydrogens (tertiary/aromatic N) is 2. The van der Waals surface area contributed by atoms with Crippen molar-refractivity contribution in [3.05, 3.63) is 93.2 Å². The number of aromatic nitrogens is 1. The number of allylic oxidation sites excluding steroid dienone is 1. The maximum absolute atomic E-state index is 14.3. The topological polar surface area (TPSA) is 62.7 Å². The molecular weight excluding hydrogens is 455 g/mol. The Balaban J connectivity index is 1.52. The molecule has 1 fully saturated rings. The number of aryl methyl sites for hydroxylation is 1. The molecule has 7 heteroatoms. The van der Waals surface area contributed by atoms with Crippen molar-refractivity contribution in [2.45, 2.75) is 38.8 Å². The van der Waals surface area contributed by atoms with Gasteiger partial charge >= 0.3 is 0 Å². The number of Topliss-reactive ketones (excluding diaryl/α,β-unsaturated/α-hetero) is 1. The quantitative estimate of drug-likeness (QED) is 0.450. The van der Waals surface area contributed by atoms with E-state index < -0.39 is 5.82 Å². The van der Waals surface area contributed by atoms with Crippen LogP contribution in [0.5, 0.6) is 11.5 Å². The summed E-state index contributed by atoms with van der Waals surface area (Å²) < 4.78 is 20.3. The molecule has 5 nitrogen and oxygen atoms in total. The van der Waals surface area contributed by atoms with E-state index in [4.69, 9.17) is 16.3 Å². The Hall–Kier alpha value is -3.22. The highest BCUT2D eigenvalue weighted by atomic mass is 35.5. The van der Waals surface area contributed by atoms with Gasteiger partial charge in [0.15, 0.2) is 5.76 Å². The van der Waals surface area contributed by atoms with Gasteiger partial charge in [0.1, 0.15) is 17.3 Å². The fourth-order valence-corrected chi connectivity index (χ4v) is 5.06. The van der Waals surface area contributed by atoms with Crippen LogP contribution in [0.2, 0.25) is 5.02 Å². The fraction of sp³-hybridized carbons (Fsp3) is 0.259. The monoisotopic (exact) mass is 478 g/mol. The number of carbonyl (C=O) groups excluding carboxylic acids is 1. The lowest BCUT2D eigenvalue weighted by Gasteiger charge is -2.36. The Kier molecular flexibility index (Phi) is 6.11. The first-order chi connectivity index (χ1) is 16.4. The standard InChI is InChI=1S/C27H24ClFN2O3/c1-16-12-23(32)19(15-31-11-3-2-9-22(31)17-6-5-10-30-14-17)27-25(16)26(33)24(34-27)13-18-20(28)7-4-8-21(18)29/h4-8,10,12-14,22,32H,2-3,9,11,15H2,1H3/b24-13-/t22-/m0/s1. The number of rotatable bonds is 4. The van der Waals surface area contributed by atoms with E-state index in [1.165, 1.54) is 18.2 Å². The van der Waals surface area contributed by atoms with Gasteiger partial charge in [-0.1, -0.05) is 30.2 Å². The molecule has 174 valence electrons. The van der Waals surface area contributed by atoms with E-state index in [9.17, 15) is 14.3 Å². The SMILES string of the molecule is Cc1cc(O)c(CN2CCCC[C@H]2c2cccnc2)c2c1C(=O)/C(=C/c1c(F)cccc1Cl)O2. The Morgan fingerprint density at radius 1 is 1.29 bits per heavy atom. The number of benzene rings is 2. The van der Waals surface area contributed by atoms with E-state index in [1.54, 1.807) is 25.3 Å². The third-order valence-corrected chi connectivity index (χ3v) is 6.87. The summed E-state index contributed by atoms with van der Waals surface area (Å²) in [5.74, 6) is -0.504. The summed E-state index contributed by atoms with van der Waals surface area (Å²) >= 11 is 6.15. The number of carbonyl (C=O) groups is 1. The molecule has 2 aliphatic heterocycles. The molecule has 1 N–H and O–H groups in total. The number of phenols is 1. The van der Waals surface area contributed by atoms with Gasteiger partial charge in [-0.05, 0) is 67.8 Å². The minimum atomic E-state index is -0.542. The van der Waals surface area contributed by atoms with E-state index in [-0.39, 0.29) is 33.9 Å². The van der Waals surface area contributed by atoms with E-state index in [1.807, 2.05) is 12.3 Å². The van der Waals surface area contributed by atoms with Crippen molar-refractivity contribution >= 4 is 23.5 Å². The molecule has 2 aliphatic rings. The molecule has 0 saturated carbocycles. The zero-order chi connectivity index (χ0) is 23.8. The predicted molar refractivity (Wildman–Crippen MR) is 128 cm³/mol. The number of aromatic hydroxyl groups is 1. The number of ketones is 1. The van der Waals surface area contributed by atoms with Crippen molar-refractivity contribution in [1.82, 2.24) is 9.88 Å². The van der Waals surface area contributed by atoms with Crippen LogP contribution in [-0.2, 0) is 6.54 Å². The van der Waals surface area contributed by atoms with Gasteiger partial charge in [0, 0.05) is 30.5 Å². The lowest BCUT2D eigenvalue weighted by molar-refractivity contribution is 0.101. The van der Waals surface area contributed by atoms with Crippen molar-refractivity contribution in [3.8, 4) is 11.5 Å². The van der Waals surface area contributed by atoms with Crippen LogP contribution in [0.1, 0.15) is 57.9 Å². The highest BCUT2D eigenvalue weighted by Crippen LogP contribution is 2.44. The molecule has 0 spiro atoms. The lowest BCUT2D eigenvalue weighted by atomic mass is 9.94. The van der Waals surface area contributed by atoms with E-state index >= 15 is 0 Å². The molecule has 0 aliphatic carbocycles. The van der Waals surface area contributed by atoms with Gasteiger partial charge in [-0.25, -0.2) is 4.39 Å². The van der Waals surface area contributed by atoms with Gasteiger partial charge in [-0.15, -0.1) is 0 Å². The molecule has 0 unspecified atom stereocenters. The average molecular weight is 479 g/mol. The first-order valence-electron chi connectivity index (χ1n) is 11.3. The highest BCUT2D eigenvalue weighted by molar-refractivity contribution is 6.32. The lowest BCUT2D eigenvalue weighted by Crippen LogP contribution is -2.33. The molecule has 5 rings (SSSR count). The number of fused-ring (bicyclic) bond motifs is 1. The van der Waals surface area contributed by atoms with Crippen LogP contribution in [0.15, 0.2) is 54.6 Å². The molecule has 1 atom stereocenters. The normalized spacial score (nSPS) is 19.3.